The number of allylic oxidation sites excluding steroid dienone is 3. The number of hydrogen-bond acceptors (Lipinski definition) is 20. The monoisotopic (exact) mass is 1420 g/mol. The maximum absolute atomic E-state index is 14.6. The molecular formula is C73H106N12O17. The Hall–Kier alpha value is -9.22. The number of amides is 8. The van der Waals surface area contributed by atoms with Gasteiger partial charge in [0, 0.05) is 51.6 Å². The number of benzene rings is 2. The zero-order chi connectivity index (χ0) is 75.6. The number of primary amides is 1. The van der Waals surface area contributed by atoms with E-state index in [9.17, 15) is 77.6 Å². The van der Waals surface area contributed by atoms with E-state index in [0.29, 0.717) is 67.6 Å². The summed E-state index contributed by atoms with van der Waals surface area (Å²) in [4.78, 5) is 182. The van der Waals surface area contributed by atoms with Crippen molar-refractivity contribution in [1.82, 2.24) is 42.1 Å². The number of carboxylic acid groups (broad SMARTS) is 1. The van der Waals surface area contributed by atoms with Gasteiger partial charge in [-0.3, -0.25) is 67.3 Å². The number of phenolic OH excluding ortho intramolecular Hbond substituents is 1. The van der Waals surface area contributed by atoms with Crippen LogP contribution in [0.15, 0.2) is 76.5 Å². The molecule has 2 aromatic rings. The lowest BCUT2D eigenvalue weighted by Gasteiger charge is -2.31. The Morgan fingerprint density at radius 2 is 1.21 bits per heavy atom. The largest absolute Gasteiger partial charge is 0.511 e. The number of ether oxygens (including phenoxy) is 1. The van der Waals surface area contributed by atoms with Crippen molar-refractivity contribution in [2.24, 2.45) is 44.9 Å². The first kappa shape index (κ1) is 83.4. The Kier molecular flexibility index (Phi) is 32.6. The standard InChI is InChI=1S/C73H106N12O17/c1-42(2)32-52(64-59(89)38-73(7,8)39-60(64)90)78-46-21-17-45(18-22-46)41-102-63(94)26-25-51(79-61(91)40-75)67(97)83-54(34-44-19-23-47(86)24-20-44)69(99)84-55(35-62(92)93)71(101)85-31-13-16-56(85)70(100)81-50(15-9-11-28-74)66(96)82-53(33-43(3)4)68(98)80-49(65(76)95)14-10-12-29-77-30-27-48-57(87)36-72(5,6)37-58(48)88/h17-24,27,42-43,49-51,53-56,77,86,89H,9-16,25-26,28-41,74-75H2,1-8H3,(H2,76,95)(H,79,91)(H,80,98)(H,81,100)(H,82,96)(H,83,97)(H,84,99)(H,92,93)/t49-,50+,51-,53-,54+,55+,56-/m0/s1. The van der Waals surface area contributed by atoms with Gasteiger partial charge in [0.25, 0.3) is 0 Å². The average Bonchev–Trinajstić information content (AvgIpc) is 0.953. The Labute approximate surface area is 595 Å². The number of phenols is 1. The molecular weight excluding hydrogens is 1320 g/mol. The quantitative estimate of drug-likeness (QED) is 0.0149. The molecule has 0 unspecified atom stereocenters. The molecule has 7 atom stereocenters. The van der Waals surface area contributed by atoms with Crippen LogP contribution in [0, 0.1) is 22.7 Å². The third-order valence-corrected chi connectivity index (χ3v) is 17.7. The van der Waals surface area contributed by atoms with E-state index in [4.69, 9.17) is 26.9 Å². The predicted octanol–water partition coefficient (Wildman–Crippen LogP) is 3.42. The lowest BCUT2D eigenvalue weighted by atomic mass is 9.74. The summed E-state index contributed by atoms with van der Waals surface area (Å²) in [6.07, 6.45) is 3.36. The van der Waals surface area contributed by atoms with E-state index in [1.54, 1.807) is 30.3 Å². The number of aliphatic hydroxyl groups is 1. The first-order valence-electron chi connectivity index (χ1n) is 35.2. The fraction of sp³-hybridized carbons (Fsp3) is 0.589. The van der Waals surface area contributed by atoms with E-state index < -0.39 is 126 Å². The van der Waals surface area contributed by atoms with Crippen molar-refractivity contribution >= 4 is 87.9 Å². The Morgan fingerprint density at radius 3 is 1.80 bits per heavy atom. The number of aliphatic hydroxyl groups excluding tert-OH is 1. The van der Waals surface area contributed by atoms with E-state index in [2.05, 4.69) is 37.2 Å². The molecule has 0 aromatic heterocycles. The number of carbonyl (C=O) groups is 13. The van der Waals surface area contributed by atoms with Crippen LogP contribution in [0.25, 0.3) is 0 Å². The number of likely N-dealkylation sites (tertiary alicyclic amines) is 1. The van der Waals surface area contributed by atoms with Gasteiger partial charge in [0.15, 0.2) is 17.3 Å². The Bertz CT molecular complexity index is 3410. The number of Topliss-reactive ketones (excluding diaryl/α,β-unsaturated/α-hetero) is 3. The molecule has 8 amide bonds. The van der Waals surface area contributed by atoms with E-state index in [1.165, 1.54) is 24.3 Å². The highest BCUT2D eigenvalue weighted by Gasteiger charge is 2.42. The number of rotatable bonds is 40. The number of carbonyl (C=O) groups excluding carboxylic acids is 12. The Balaban J connectivity index is 1.25. The molecule has 1 saturated heterocycles. The third kappa shape index (κ3) is 27.3. The number of carboxylic acids is 1. The fourth-order valence-electron chi connectivity index (χ4n) is 12.5. The second kappa shape index (κ2) is 39.8. The molecule has 1 saturated carbocycles. The van der Waals surface area contributed by atoms with Gasteiger partial charge in [-0.2, -0.15) is 0 Å². The molecule has 560 valence electrons. The van der Waals surface area contributed by atoms with Crippen molar-refractivity contribution in [2.45, 2.75) is 220 Å². The van der Waals surface area contributed by atoms with Gasteiger partial charge in [0.1, 0.15) is 60.4 Å². The minimum absolute atomic E-state index is 0.00270. The van der Waals surface area contributed by atoms with Gasteiger partial charge >= 0.3 is 11.9 Å². The van der Waals surface area contributed by atoms with Crippen LogP contribution < -0.4 is 54.4 Å². The minimum Gasteiger partial charge on any atom is -0.511 e. The molecule has 2 fully saturated rings. The molecule has 0 radical (unpaired) electrons. The van der Waals surface area contributed by atoms with Crippen molar-refractivity contribution in [3.05, 3.63) is 82.6 Å². The van der Waals surface area contributed by atoms with Gasteiger partial charge < -0.3 is 79.4 Å². The summed E-state index contributed by atoms with van der Waals surface area (Å²) in [5.74, 6) is -10.0. The third-order valence-electron chi connectivity index (χ3n) is 17.7. The van der Waals surface area contributed by atoms with Crippen LogP contribution in [-0.4, -0.2) is 177 Å². The van der Waals surface area contributed by atoms with E-state index in [-0.39, 0.29) is 148 Å². The summed E-state index contributed by atoms with van der Waals surface area (Å²) in [5, 5.41) is 49.9. The van der Waals surface area contributed by atoms with Gasteiger partial charge in [0.05, 0.1) is 35.5 Å². The van der Waals surface area contributed by atoms with E-state index >= 15 is 0 Å². The van der Waals surface area contributed by atoms with Gasteiger partial charge in [-0.25, -0.2) is 0 Å². The SMILES string of the molecule is CC(C)CC(=Nc1ccc(COC(=O)CC[C@H](NC(=O)CN)C(=O)N[C@H](Cc2ccc(O)cc2)C(=O)N[C@H](CC(=O)O)C(=O)N2CCC[C@H]2C(=O)N[C@H](CCCCN)C(=O)N[C@@H](CC(C)C)C(=O)N[C@@H](CCCCNCC=C2C(=O)CC(C)(C)CC2=O)C(N)=O)cc1)C1=C(O)CC(C)(C)CC1=O. The molecule has 5 rings (SSSR count). The molecule has 1 aliphatic heterocycles. The number of aromatic hydroxyl groups is 1. The van der Waals surface area contributed by atoms with Crippen LogP contribution in [-0.2, 0) is 80.1 Å². The van der Waals surface area contributed by atoms with Crippen molar-refractivity contribution < 1.29 is 82.4 Å². The summed E-state index contributed by atoms with van der Waals surface area (Å²) >= 11 is 0. The summed E-state index contributed by atoms with van der Waals surface area (Å²) in [7, 11) is 0. The number of unbranched alkanes of at least 4 members (excludes halogenated alkanes) is 2. The molecule has 0 spiro atoms. The molecule has 29 heteroatoms. The zero-order valence-electron chi connectivity index (χ0n) is 60.0. The van der Waals surface area contributed by atoms with E-state index in [1.807, 2.05) is 55.4 Å². The topological polar surface area (TPSA) is 470 Å². The molecule has 1 heterocycles. The molecule has 0 bridgehead atoms. The number of nitrogens with two attached hydrogens (primary N) is 3. The van der Waals surface area contributed by atoms with Gasteiger partial charge in [-0.05, 0) is 142 Å². The number of nitrogens with zero attached hydrogens (tertiary/aromatic N) is 2. The van der Waals surface area contributed by atoms with Crippen molar-refractivity contribution in [3.8, 4) is 5.75 Å². The number of hydrogen-bond donors (Lipinski definition) is 13. The summed E-state index contributed by atoms with van der Waals surface area (Å²) in [6, 6.07) is 2.26. The molecule has 3 aliphatic rings. The zero-order valence-corrected chi connectivity index (χ0v) is 60.0. The first-order valence-corrected chi connectivity index (χ1v) is 35.2. The number of aliphatic imine (C=N–C) groups is 1. The van der Waals surface area contributed by atoms with Crippen LogP contribution >= 0.6 is 0 Å². The van der Waals surface area contributed by atoms with Gasteiger partial charge in [-0.15, -0.1) is 0 Å². The van der Waals surface area contributed by atoms with Crippen LogP contribution in [0.5, 0.6) is 5.75 Å². The van der Waals surface area contributed by atoms with Crippen molar-refractivity contribution in [1.29, 1.82) is 0 Å². The molecule has 2 aromatic carbocycles. The first-order chi connectivity index (χ1) is 48.1. The minimum atomic E-state index is -1.86. The van der Waals surface area contributed by atoms with Crippen molar-refractivity contribution in [2.75, 3.05) is 32.7 Å². The highest BCUT2D eigenvalue weighted by atomic mass is 16.5. The number of aliphatic carboxylic acids is 1. The maximum atomic E-state index is 14.6. The highest BCUT2D eigenvalue weighted by molar-refractivity contribution is 6.24. The average molecular weight is 1420 g/mol. The summed E-state index contributed by atoms with van der Waals surface area (Å²) in [6.45, 7) is 15.3. The summed E-state index contributed by atoms with van der Waals surface area (Å²) < 4.78 is 5.53. The van der Waals surface area contributed by atoms with Crippen LogP contribution in [0.1, 0.15) is 176 Å². The van der Waals surface area contributed by atoms with Crippen LogP contribution in [0.2, 0.25) is 0 Å². The second-order valence-electron chi connectivity index (χ2n) is 29.1. The number of ketones is 3. The highest BCUT2D eigenvalue weighted by Crippen LogP contribution is 2.38. The van der Waals surface area contributed by atoms with E-state index in [0.717, 1.165) is 4.90 Å². The number of esters is 1. The molecule has 2 aliphatic carbocycles. The Morgan fingerprint density at radius 1 is 0.647 bits per heavy atom. The van der Waals surface area contributed by atoms with Gasteiger partial charge in [0.2, 0.25) is 47.3 Å². The van der Waals surface area contributed by atoms with Crippen LogP contribution in [0.4, 0.5) is 5.69 Å². The molecule has 102 heavy (non-hydrogen) atoms. The normalized spacial score (nSPS) is 17.7. The predicted molar refractivity (Wildman–Crippen MR) is 379 cm³/mol. The smallest absolute Gasteiger partial charge is 0.306 e. The van der Waals surface area contributed by atoms with Crippen LogP contribution in [0.3, 0.4) is 0 Å². The summed E-state index contributed by atoms with van der Waals surface area (Å²) in [5.41, 5.74) is 18.7. The lowest BCUT2D eigenvalue weighted by Crippen LogP contribution is -2.60. The fourth-order valence-corrected chi connectivity index (χ4v) is 12.5. The maximum Gasteiger partial charge on any atom is 0.306 e. The lowest BCUT2D eigenvalue weighted by molar-refractivity contribution is -0.146. The second-order valence-corrected chi connectivity index (χ2v) is 29.1. The van der Waals surface area contributed by atoms with Crippen molar-refractivity contribution in [3.63, 3.8) is 0 Å². The van der Waals surface area contributed by atoms with Gasteiger partial charge in [-0.1, -0.05) is 85.7 Å². The molecule has 29 nitrogen and oxygen atoms in total. The molecule has 16 N–H and O–H groups in total. The number of nitrogens with one attached hydrogen (secondary N) is 7.